The highest BCUT2D eigenvalue weighted by atomic mass is 16.2. The van der Waals surface area contributed by atoms with Crippen molar-refractivity contribution in [3.05, 3.63) is 42.0 Å². The number of nitrogens with one attached hydrogen (secondary N) is 1. The van der Waals surface area contributed by atoms with Crippen LogP contribution < -0.4 is 11.1 Å². The van der Waals surface area contributed by atoms with E-state index < -0.39 is 5.91 Å². The van der Waals surface area contributed by atoms with Gasteiger partial charge in [0.05, 0.1) is 5.69 Å². The molecule has 94 valence electrons. The predicted octanol–water partition coefficient (Wildman–Crippen LogP) is 0.715. The number of nitrogens with zero attached hydrogens (tertiary/aromatic N) is 2. The van der Waals surface area contributed by atoms with Crippen molar-refractivity contribution in [2.24, 2.45) is 19.8 Å². The molecule has 18 heavy (non-hydrogen) atoms. The summed E-state index contributed by atoms with van der Waals surface area (Å²) < 4.78 is 3.29. The molecule has 0 saturated heterocycles. The Labute approximate surface area is 104 Å². The first-order valence-electron chi connectivity index (χ1n) is 5.38. The summed E-state index contributed by atoms with van der Waals surface area (Å²) in [7, 11) is 3.48. The van der Waals surface area contributed by atoms with Gasteiger partial charge in [-0.2, -0.15) is 0 Å². The summed E-state index contributed by atoms with van der Waals surface area (Å²) in [6.07, 6.45) is 3.43. The molecule has 0 aromatic carbocycles. The van der Waals surface area contributed by atoms with Gasteiger partial charge in [0.25, 0.3) is 11.8 Å². The fourth-order valence-corrected chi connectivity index (χ4v) is 1.77. The molecule has 2 rings (SSSR count). The zero-order valence-corrected chi connectivity index (χ0v) is 10.2. The second-order valence-corrected chi connectivity index (χ2v) is 4.05. The molecule has 6 heteroatoms. The minimum atomic E-state index is -0.531. The Bertz CT molecular complexity index is 609. The van der Waals surface area contributed by atoms with E-state index in [1.54, 1.807) is 53.8 Å². The van der Waals surface area contributed by atoms with Crippen LogP contribution in [0.1, 0.15) is 21.0 Å². The number of hydrogen-bond acceptors (Lipinski definition) is 2. The van der Waals surface area contributed by atoms with Crippen LogP contribution in [0, 0.1) is 0 Å². The Morgan fingerprint density at radius 2 is 1.94 bits per heavy atom. The van der Waals surface area contributed by atoms with Crippen LogP contribution in [0.15, 0.2) is 30.6 Å². The third-order valence-electron chi connectivity index (χ3n) is 2.69. The van der Waals surface area contributed by atoms with Crippen LogP contribution in [-0.2, 0) is 14.1 Å². The normalized spacial score (nSPS) is 10.3. The number of rotatable bonds is 3. The Morgan fingerprint density at radius 3 is 2.44 bits per heavy atom. The summed E-state index contributed by atoms with van der Waals surface area (Å²) in [4.78, 5) is 23.0. The maximum Gasteiger partial charge on any atom is 0.272 e. The van der Waals surface area contributed by atoms with Gasteiger partial charge >= 0.3 is 0 Å². The van der Waals surface area contributed by atoms with Gasteiger partial charge < -0.3 is 20.2 Å². The lowest BCUT2D eigenvalue weighted by molar-refractivity contribution is 0.0989. The van der Waals surface area contributed by atoms with Crippen molar-refractivity contribution in [1.82, 2.24) is 9.13 Å². The third-order valence-corrected chi connectivity index (χ3v) is 2.69. The molecule has 0 aliphatic rings. The zero-order valence-electron chi connectivity index (χ0n) is 10.2. The van der Waals surface area contributed by atoms with Crippen LogP contribution in [0.25, 0.3) is 0 Å². The van der Waals surface area contributed by atoms with E-state index in [-0.39, 0.29) is 5.91 Å². The van der Waals surface area contributed by atoms with Crippen molar-refractivity contribution < 1.29 is 9.59 Å². The molecular weight excluding hydrogens is 232 g/mol. The van der Waals surface area contributed by atoms with Crippen LogP contribution in [0.3, 0.4) is 0 Å². The van der Waals surface area contributed by atoms with Crippen LogP contribution in [0.5, 0.6) is 0 Å². The van der Waals surface area contributed by atoms with Crippen molar-refractivity contribution in [2.45, 2.75) is 0 Å². The summed E-state index contributed by atoms with van der Waals surface area (Å²) in [5, 5.41) is 2.71. The maximum atomic E-state index is 11.9. The highest BCUT2D eigenvalue weighted by Gasteiger charge is 2.12. The van der Waals surface area contributed by atoms with E-state index in [9.17, 15) is 9.59 Å². The number of amides is 2. The lowest BCUT2D eigenvalue weighted by atomic mass is 10.3. The molecule has 2 aromatic heterocycles. The van der Waals surface area contributed by atoms with Crippen LogP contribution in [0.4, 0.5) is 5.69 Å². The molecule has 2 heterocycles. The van der Waals surface area contributed by atoms with E-state index in [1.807, 2.05) is 0 Å². The summed E-state index contributed by atoms with van der Waals surface area (Å²) in [5.74, 6) is -0.763. The molecule has 0 aliphatic heterocycles. The number of carbonyl (C=O) groups excluding carboxylic acids is 2. The standard InChI is InChI=1S/C12H14N4O2/c1-15-5-3-4-9(15)12(18)14-8-6-10(11(13)17)16(2)7-8/h3-7H,1-2H3,(H2,13,17)(H,14,18). The number of anilines is 1. The van der Waals surface area contributed by atoms with Crippen LogP contribution in [0.2, 0.25) is 0 Å². The Hall–Kier alpha value is -2.50. The summed E-state index contributed by atoms with van der Waals surface area (Å²) >= 11 is 0. The summed E-state index contributed by atoms with van der Waals surface area (Å²) in [5.41, 5.74) is 6.63. The van der Waals surface area contributed by atoms with Crippen molar-refractivity contribution in [2.75, 3.05) is 5.32 Å². The second-order valence-electron chi connectivity index (χ2n) is 4.05. The van der Waals surface area contributed by atoms with Gasteiger partial charge in [0.1, 0.15) is 11.4 Å². The largest absolute Gasteiger partial charge is 0.364 e. The molecule has 0 atom stereocenters. The van der Waals surface area contributed by atoms with E-state index in [0.717, 1.165) is 0 Å². The number of hydrogen-bond donors (Lipinski definition) is 2. The highest BCUT2D eigenvalue weighted by molar-refractivity contribution is 6.04. The van der Waals surface area contributed by atoms with E-state index in [1.165, 1.54) is 0 Å². The fourth-order valence-electron chi connectivity index (χ4n) is 1.77. The van der Waals surface area contributed by atoms with Gasteiger partial charge in [-0.1, -0.05) is 0 Å². The number of aromatic nitrogens is 2. The van der Waals surface area contributed by atoms with E-state index in [0.29, 0.717) is 17.1 Å². The third kappa shape index (κ3) is 2.13. The molecule has 0 spiro atoms. The van der Waals surface area contributed by atoms with Gasteiger partial charge in [-0.25, -0.2) is 0 Å². The molecular formula is C12H14N4O2. The van der Waals surface area contributed by atoms with Gasteiger partial charge in [-0.05, 0) is 18.2 Å². The molecule has 2 amide bonds. The molecule has 0 aliphatic carbocycles. The minimum absolute atomic E-state index is 0.232. The second kappa shape index (κ2) is 4.40. The molecule has 0 saturated carbocycles. The lowest BCUT2D eigenvalue weighted by Gasteiger charge is -2.03. The molecule has 6 nitrogen and oxygen atoms in total. The smallest absolute Gasteiger partial charge is 0.272 e. The first kappa shape index (κ1) is 12.0. The van der Waals surface area contributed by atoms with Crippen molar-refractivity contribution in [3.8, 4) is 0 Å². The average molecular weight is 246 g/mol. The highest BCUT2D eigenvalue weighted by Crippen LogP contribution is 2.13. The average Bonchev–Trinajstić information content (AvgIpc) is 2.84. The minimum Gasteiger partial charge on any atom is -0.364 e. The van der Waals surface area contributed by atoms with Gasteiger partial charge in [-0.15, -0.1) is 0 Å². The molecule has 3 N–H and O–H groups in total. The van der Waals surface area contributed by atoms with Crippen molar-refractivity contribution in [1.29, 1.82) is 0 Å². The number of aryl methyl sites for hydroxylation is 2. The van der Waals surface area contributed by atoms with E-state index in [2.05, 4.69) is 5.32 Å². The van der Waals surface area contributed by atoms with Gasteiger partial charge in [-0.3, -0.25) is 9.59 Å². The van der Waals surface area contributed by atoms with Crippen LogP contribution >= 0.6 is 0 Å². The SMILES string of the molecule is Cn1cc(NC(=O)c2cccn2C)cc1C(N)=O. The Morgan fingerprint density at radius 1 is 1.22 bits per heavy atom. The monoisotopic (exact) mass is 246 g/mol. The first-order chi connectivity index (χ1) is 8.49. The quantitative estimate of drug-likeness (QED) is 0.836. The summed E-state index contributed by atoms with van der Waals surface area (Å²) in [6, 6.07) is 5.05. The van der Waals surface area contributed by atoms with Crippen molar-refractivity contribution in [3.63, 3.8) is 0 Å². The van der Waals surface area contributed by atoms with Gasteiger partial charge in [0.2, 0.25) is 0 Å². The molecule has 0 unspecified atom stereocenters. The molecule has 0 bridgehead atoms. The molecule has 0 fully saturated rings. The lowest BCUT2D eigenvalue weighted by Crippen LogP contribution is -2.15. The van der Waals surface area contributed by atoms with Gasteiger partial charge in [0, 0.05) is 26.5 Å². The van der Waals surface area contributed by atoms with E-state index >= 15 is 0 Å². The molecule has 2 aromatic rings. The number of carbonyl (C=O) groups is 2. The maximum absolute atomic E-state index is 11.9. The Balaban J connectivity index is 2.20. The zero-order chi connectivity index (χ0) is 13.3. The van der Waals surface area contributed by atoms with Crippen molar-refractivity contribution >= 4 is 17.5 Å². The topological polar surface area (TPSA) is 82.1 Å². The Kier molecular flexibility index (Phi) is 2.93. The summed E-state index contributed by atoms with van der Waals surface area (Å²) in [6.45, 7) is 0. The molecule has 0 radical (unpaired) electrons. The predicted molar refractivity (Wildman–Crippen MR) is 67.3 cm³/mol. The number of primary amides is 1. The number of nitrogens with two attached hydrogens (primary N) is 1. The van der Waals surface area contributed by atoms with E-state index in [4.69, 9.17) is 5.73 Å². The van der Waals surface area contributed by atoms with Crippen LogP contribution in [-0.4, -0.2) is 20.9 Å². The van der Waals surface area contributed by atoms with Gasteiger partial charge in [0.15, 0.2) is 0 Å². The first-order valence-corrected chi connectivity index (χ1v) is 5.38. The fraction of sp³-hybridized carbons (Fsp3) is 0.167.